The van der Waals surface area contributed by atoms with Crippen molar-refractivity contribution in [2.45, 2.75) is 26.3 Å². The van der Waals surface area contributed by atoms with Crippen LogP contribution >= 0.6 is 11.6 Å². The van der Waals surface area contributed by atoms with Crippen LogP contribution in [0.1, 0.15) is 12.6 Å². The molecule has 0 amide bonds. The predicted octanol–water partition coefficient (Wildman–Crippen LogP) is 7.42. The minimum atomic E-state index is -4.93. The van der Waals surface area contributed by atoms with Crippen LogP contribution in [0.4, 0.5) is 17.6 Å². The minimum Gasteiger partial charge on any atom is -0.479 e. The molecule has 0 aliphatic carbocycles. The van der Waals surface area contributed by atoms with Gasteiger partial charge in [-0.3, -0.25) is 4.57 Å². The molecule has 0 bridgehead atoms. The Morgan fingerprint density at radius 1 is 1.08 bits per heavy atom. The number of carbonyl (C=O) groups is 1. The second-order valence-electron chi connectivity index (χ2n) is 8.42. The summed E-state index contributed by atoms with van der Waals surface area (Å²) in [6, 6.07) is 12.0. The summed E-state index contributed by atoms with van der Waals surface area (Å²) in [4.78, 5) is 11.1. The van der Waals surface area contributed by atoms with Crippen molar-refractivity contribution < 1.29 is 46.2 Å². The summed E-state index contributed by atoms with van der Waals surface area (Å²) in [5.74, 6) is -2.56. The Hall–Kier alpha value is -4.45. The van der Waals surface area contributed by atoms with Gasteiger partial charge in [-0.05, 0) is 56.3 Å². The number of carboxylic acids is 1. The highest BCUT2D eigenvalue weighted by Crippen LogP contribution is 2.42. The van der Waals surface area contributed by atoms with Gasteiger partial charge in [-0.25, -0.2) is 9.18 Å². The zero-order chi connectivity index (χ0) is 28.1. The highest BCUT2D eigenvalue weighted by Gasteiger charge is 2.32. The van der Waals surface area contributed by atoms with Crippen molar-refractivity contribution in [3.8, 4) is 28.8 Å². The molecule has 0 aliphatic heterocycles. The Kier molecular flexibility index (Phi) is 6.51. The van der Waals surface area contributed by atoms with Crippen LogP contribution in [-0.2, 0) is 4.79 Å². The molecule has 5 rings (SSSR count). The van der Waals surface area contributed by atoms with Crippen molar-refractivity contribution in [2.24, 2.45) is 0 Å². The number of aliphatic carboxylic acids is 1. The maximum absolute atomic E-state index is 14.3. The average molecular weight is 565 g/mol. The third kappa shape index (κ3) is 5.15. The fourth-order valence-electron chi connectivity index (χ4n) is 4.02. The Morgan fingerprint density at radius 2 is 1.82 bits per heavy atom. The third-order valence-electron chi connectivity index (χ3n) is 5.75. The van der Waals surface area contributed by atoms with Crippen LogP contribution in [0.3, 0.4) is 0 Å². The normalized spacial score (nSPS) is 12.6. The van der Waals surface area contributed by atoms with Gasteiger partial charge >= 0.3 is 12.3 Å². The third-order valence-corrected chi connectivity index (χ3v) is 5.99. The molecule has 0 spiro atoms. The van der Waals surface area contributed by atoms with E-state index in [1.54, 1.807) is 29.7 Å². The molecule has 5 aromatic rings. The van der Waals surface area contributed by atoms with E-state index in [9.17, 15) is 22.4 Å². The average Bonchev–Trinajstić information content (AvgIpc) is 3.37. The van der Waals surface area contributed by atoms with Crippen molar-refractivity contribution in [1.82, 2.24) is 9.72 Å². The number of carboxylic acid groups (broad SMARTS) is 1. The Balaban J connectivity index is 1.66. The van der Waals surface area contributed by atoms with E-state index in [0.29, 0.717) is 33.0 Å². The smallest absolute Gasteiger partial charge is 0.479 e. The largest absolute Gasteiger partial charge is 0.573 e. The predicted molar refractivity (Wildman–Crippen MR) is 131 cm³/mol. The van der Waals surface area contributed by atoms with E-state index < -0.39 is 30.0 Å². The first-order valence-electron chi connectivity index (χ1n) is 11.2. The number of rotatable bonds is 7. The van der Waals surface area contributed by atoms with E-state index in [1.807, 2.05) is 0 Å². The van der Waals surface area contributed by atoms with E-state index in [2.05, 4.69) is 9.89 Å². The number of hydrogen-bond donors (Lipinski definition) is 1. The first-order chi connectivity index (χ1) is 18.4. The number of halogens is 5. The molecular weight excluding hydrogens is 548 g/mol. The molecular formula is C26H17ClF4N2O6. The monoisotopic (exact) mass is 564 g/mol. The Morgan fingerprint density at radius 3 is 2.54 bits per heavy atom. The molecule has 202 valence electrons. The second kappa shape index (κ2) is 9.70. The second-order valence-corrected chi connectivity index (χ2v) is 8.85. The molecule has 2 heterocycles. The molecule has 0 saturated heterocycles. The van der Waals surface area contributed by atoms with Gasteiger partial charge in [0.25, 0.3) is 0 Å². The molecule has 1 atom stereocenters. The lowest BCUT2D eigenvalue weighted by molar-refractivity contribution is -0.274. The Labute approximate surface area is 221 Å². The molecule has 2 aromatic heterocycles. The van der Waals surface area contributed by atoms with E-state index in [4.69, 9.17) is 30.7 Å². The first-order valence-corrected chi connectivity index (χ1v) is 11.6. The maximum Gasteiger partial charge on any atom is 0.573 e. The van der Waals surface area contributed by atoms with Crippen LogP contribution in [0, 0.1) is 12.7 Å². The van der Waals surface area contributed by atoms with Gasteiger partial charge in [-0.1, -0.05) is 16.8 Å². The SMILES string of the molecule is Cc1c(Oc2ccc(F)c(O[C@H](C)C(=O)O)c2)c2cc(OC(F)(F)F)ccc2n1-c1noc2cc(Cl)ccc12. The summed E-state index contributed by atoms with van der Waals surface area (Å²) in [6.07, 6.45) is -6.29. The van der Waals surface area contributed by atoms with E-state index >= 15 is 0 Å². The summed E-state index contributed by atoms with van der Waals surface area (Å²) in [7, 11) is 0. The summed E-state index contributed by atoms with van der Waals surface area (Å²) in [5, 5.41) is 14.4. The summed E-state index contributed by atoms with van der Waals surface area (Å²) >= 11 is 6.05. The van der Waals surface area contributed by atoms with Crippen molar-refractivity contribution in [3.05, 3.63) is 71.1 Å². The van der Waals surface area contributed by atoms with Gasteiger partial charge in [0, 0.05) is 22.5 Å². The molecule has 1 N–H and O–H groups in total. The molecule has 13 heteroatoms. The molecule has 0 fully saturated rings. The zero-order valence-corrected chi connectivity index (χ0v) is 20.8. The number of fused-ring (bicyclic) bond motifs is 2. The van der Waals surface area contributed by atoms with Gasteiger partial charge in [-0.2, -0.15) is 0 Å². The van der Waals surface area contributed by atoms with Crippen molar-refractivity contribution in [3.63, 3.8) is 0 Å². The van der Waals surface area contributed by atoms with Crippen molar-refractivity contribution in [2.75, 3.05) is 0 Å². The molecule has 0 saturated carbocycles. The number of nitrogens with zero attached hydrogens (tertiary/aromatic N) is 2. The van der Waals surface area contributed by atoms with E-state index in [0.717, 1.165) is 24.3 Å². The van der Waals surface area contributed by atoms with E-state index in [1.165, 1.54) is 19.1 Å². The van der Waals surface area contributed by atoms with Crippen LogP contribution in [-0.4, -0.2) is 33.3 Å². The number of aromatic nitrogens is 2. The zero-order valence-electron chi connectivity index (χ0n) is 20.0. The van der Waals surface area contributed by atoms with Gasteiger partial charge in [0.1, 0.15) is 11.5 Å². The van der Waals surface area contributed by atoms with Gasteiger partial charge in [-0.15, -0.1) is 13.2 Å². The van der Waals surface area contributed by atoms with Crippen LogP contribution in [0.5, 0.6) is 23.0 Å². The van der Waals surface area contributed by atoms with Crippen LogP contribution in [0.15, 0.2) is 59.1 Å². The number of alkyl halides is 3. The molecule has 3 aromatic carbocycles. The summed E-state index contributed by atoms with van der Waals surface area (Å²) in [6.45, 7) is 2.87. The molecule has 39 heavy (non-hydrogen) atoms. The van der Waals surface area contributed by atoms with Gasteiger partial charge in [0.2, 0.25) is 0 Å². The molecule has 8 nitrogen and oxygen atoms in total. The van der Waals surface area contributed by atoms with Crippen LogP contribution in [0.2, 0.25) is 5.02 Å². The number of hydrogen-bond acceptors (Lipinski definition) is 6. The lowest BCUT2D eigenvalue weighted by Gasteiger charge is -2.13. The fraction of sp³-hybridized carbons (Fsp3) is 0.154. The van der Waals surface area contributed by atoms with Crippen molar-refractivity contribution in [1.29, 1.82) is 0 Å². The van der Waals surface area contributed by atoms with Crippen LogP contribution in [0.25, 0.3) is 27.7 Å². The fourth-order valence-corrected chi connectivity index (χ4v) is 4.19. The minimum absolute atomic E-state index is 0.0325. The highest BCUT2D eigenvalue weighted by atomic mass is 35.5. The van der Waals surface area contributed by atoms with Crippen molar-refractivity contribution >= 4 is 39.4 Å². The number of benzene rings is 3. The number of ether oxygens (including phenoxy) is 3. The summed E-state index contributed by atoms with van der Waals surface area (Å²) < 4.78 is 75.5. The van der Waals surface area contributed by atoms with Crippen LogP contribution < -0.4 is 14.2 Å². The topological polar surface area (TPSA) is 96.0 Å². The quantitative estimate of drug-likeness (QED) is 0.206. The molecule has 0 radical (unpaired) electrons. The highest BCUT2D eigenvalue weighted by molar-refractivity contribution is 6.31. The first kappa shape index (κ1) is 26.2. The van der Waals surface area contributed by atoms with E-state index in [-0.39, 0.29) is 22.6 Å². The van der Waals surface area contributed by atoms with Gasteiger partial charge in [0.05, 0.1) is 16.6 Å². The molecule has 0 unspecified atom stereocenters. The van der Waals surface area contributed by atoms with Gasteiger partial charge in [0.15, 0.2) is 34.8 Å². The lowest BCUT2D eigenvalue weighted by atomic mass is 10.2. The van der Waals surface area contributed by atoms with Gasteiger partial charge < -0.3 is 23.8 Å². The molecule has 0 aliphatic rings. The maximum atomic E-state index is 14.3. The summed E-state index contributed by atoms with van der Waals surface area (Å²) in [5.41, 5.74) is 1.19. The standard InChI is InChI=1S/C26H17ClF4N2O6/c1-12-23(37-15-4-7-19(28)22(11-15)36-13(2)25(34)35)18-10-16(38-26(29,30)31)5-8-20(18)33(12)24-17-6-3-14(27)9-21(17)39-32-24/h3-11,13H,1-2H3,(H,34,35)/t13-/m1/s1. The Bertz CT molecular complexity index is 1730. The lowest BCUT2D eigenvalue weighted by Crippen LogP contribution is -2.23.